The van der Waals surface area contributed by atoms with E-state index in [4.69, 9.17) is 0 Å². The molecule has 0 aliphatic rings. The Morgan fingerprint density at radius 1 is 0.519 bits per heavy atom. The highest BCUT2D eigenvalue weighted by Gasteiger charge is 2.09. The van der Waals surface area contributed by atoms with Gasteiger partial charge in [0.2, 0.25) is 11.6 Å². The van der Waals surface area contributed by atoms with Crippen LogP contribution in [0.4, 0.5) is 0 Å². The molecule has 0 aliphatic carbocycles. The lowest BCUT2D eigenvalue weighted by Gasteiger charge is -2.03. The van der Waals surface area contributed by atoms with Crippen LogP contribution in [-0.4, -0.2) is 27.7 Å². The van der Waals surface area contributed by atoms with E-state index in [1.165, 1.54) is 32.1 Å². The fourth-order valence-electron chi connectivity index (χ4n) is 2.45. The lowest BCUT2D eigenvalue weighted by atomic mass is 10.0. The number of rotatable bonds is 12. The van der Waals surface area contributed by atoms with Gasteiger partial charge in [-0.15, -0.1) is 11.1 Å². The van der Waals surface area contributed by atoms with Gasteiger partial charge in [0.25, 0.3) is 0 Å². The molecular formula is C23H40O2Si2. The first kappa shape index (κ1) is 25.9. The monoisotopic (exact) mass is 404 g/mol. The summed E-state index contributed by atoms with van der Waals surface area (Å²) >= 11 is 0. The molecule has 0 aromatic rings. The van der Waals surface area contributed by atoms with Gasteiger partial charge in [0, 0.05) is 12.8 Å². The van der Waals surface area contributed by atoms with Crippen molar-refractivity contribution in [3.05, 3.63) is 0 Å². The molecule has 0 N–H and O–H groups in total. The smallest absolute Gasteiger partial charge is 0.204 e. The lowest BCUT2D eigenvalue weighted by Crippen LogP contribution is -2.17. The van der Waals surface area contributed by atoms with Gasteiger partial charge in [0.15, 0.2) is 0 Å². The van der Waals surface area contributed by atoms with Crippen molar-refractivity contribution in [3.63, 3.8) is 0 Å². The zero-order valence-electron chi connectivity index (χ0n) is 18.6. The maximum absolute atomic E-state index is 11.7. The topological polar surface area (TPSA) is 34.1 Å². The number of hydrogen-bond acceptors (Lipinski definition) is 2. The molecule has 0 aromatic carbocycles. The van der Waals surface area contributed by atoms with Crippen molar-refractivity contribution in [2.45, 2.75) is 110 Å². The summed E-state index contributed by atoms with van der Waals surface area (Å²) < 4.78 is 0. The second kappa shape index (κ2) is 14.0. The first-order chi connectivity index (χ1) is 12.5. The summed E-state index contributed by atoms with van der Waals surface area (Å²) in [6.07, 6.45) is 11.6. The minimum atomic E-state index is -1.42. The molecule has 0 unspecified atom stereocenters. The minimum Gasteiger partial charge on any atom is -0.285 e. The van der Waals surface area contributed by atoms with Crippen LogP contribution < -0.4 is 0 Å². The maximum atomic E-state index is 11.7. The van der Waals surface area contributed by atoms with Crippen LogP contribution in [-0.2, 0) is 9.59 Å². The van der Waals surface area contributed by atoms with E-state index in [0.717, 1.165) is 25.7 Å². The van der Waals surface area contributed by atoms with Gasteiger partial charge in [0.05, 0.1) is 0 Å². The summed E-state index contributed by atoms with van der Waals surface area (Å²) in [5, 5.41) is 0. The summed E-state index contributed by atoms with van der Waals surface area (Å²) in [4.78, 5) is 23.4. The van der Waals surface area contributed by atoms with Crippen LogP contribution >= 0.6 is 0 Å². The van der Waals surface area contributed by atoms with Gasteiger partial charge >= 0.3 is 0 Å². The Bertz CT molecular complexity index is 520. The van der Waals surface area contributed by atoms with Crippen LogP contribution in [0.2, 0.25) is 39.3 Å². The zero-order chi connectivity index (χ0) is 20.8. The molecule has 27 heavy (non-hydrogen) atoms. The van der Waals surface area contributed by atoms with Crippen molar-refractivity contribution in [2.75, 3.05) is 0 Å². The molecule has 0 bridgehead atoms. The largest absolute Gasteiger partial charge is 0.285 e. The van der Waals surface area contributed by atoms with Crippen LogP contribution in [0.15, 0.2) is 0 Å². The molecular weight excluding hydrogens is 364 g/mol. The van der Waals surface area contributed by atoms with E-state index in [9.17, 15) is 9.59 Å². The highest BCUT2D eigenvalue weighted by Crippen LogP contribution is 2.11. The molecule has 0 heterocycles. The predicted molar refractivity (Wildman–Crippen MR) is 123 cm³/mol. The van der Waals surface area contributed by atoms with Crippen molar-refractivity contribution < 1.29 is 9.59 Å². The molecule has 0 fully saturated rings. The molecule has 4 heteroatoms. The predicted octanol–water partition coefficient (Wildman–Crippen LogP) is 6.18. The highest BCUT2D eigenvalue weighted by molar-refractivity contribution is 6.84. The average Bonchev–Trinajstić information content (AvgIpc) is 2.54. The summed E-state index contributed by atoms with van der Waals surface area (Å²) in [6.45, 7) is 13.0. The van der Waals surface area contributed by atoms with Gasteiger partial charge in [-0.05, 0) is 24.7 Å². The molecule has 0 spiro atoms. The van der Waals surface area contributed by atoms with Gasteiger partial charge in [-0.25, -0.2) is 0 Å². The number of Topliss-reactive ketones (excluding diaryl/α,β-unsaturated/α-hetero) is 2. The van der Waals surface area contributed by atoms with E-state index in [1.54, 1.807) is 0 Å². The van der Waals surface area contributed by atoms with Crippen molar-refractivity contribution in [1.29, 1.82) is 0 Å². The third kappa shape index (κ3) is 21.1. The molecule has 0 amide bonds. The zero-order valence-corrected chi connectivity index (χ0v) is 20.6. The first-order valence-electron chi connectivity index (χ1n) is 10.6. The molecule has 0 saturated heterocycles. The Balaban J connectivity index is 3.50. The van der Waals surface area contributed by atoms with E-state index in [0.29, 0.717) is 12.8 Å². The first-order valence-corrected chi connectivity index (χ1v) is 17.6. The molecule has 0 atom stereocenters. The summed E-state index contributed by atoms with van der Waals surface area (Å²) in [7, 11) is -2.85. The van der Waals surface area contributed by atoms with Crippen LogP contribution in [0.1, 0.15) is 70.6 Å². The van der Waals surface area contributed by atoms with Crippen molar-refractivity contribution in [3.8, 4) is 22.9 Å². The Morgan fingerprint density at radius 2 is 0.778 bits per heavy atom. The van der Waals surface area contributed by atoms with E-state index in [1.807, 2.05) is 0 Å². The van der Waals surface area contributed by atoms with Crippen molar-refractivity contribution >= 4 is 27.7 Å². The van der Waals surface area contributed by atoms with E-state index in [-0.39, 0.29) is 11.6 Å². The van der Waals surface area contributed by atoms with Crippen LogP contribution in [0.25, 0.3) is 0 Å². The molecule has 0 aliphatic heterocycles. The Hall–Kier alpha value is -1.11. The number of unbranched alkanes of at least 4 members (excludes halogenated alkanes) is 8. The van der Waals surface area contributed by atoms with E-state index in [2.05, 4.69) is 62.2 Å². The molecule has 2 nitrogen and oxygen atoms in total. The van der Waals surface area contributed by atoms with Crippen molar-refractivity contribution in [2.24, 2.45) is 0 Å². The second-order valence-electron chi connectivity index (χ2n) is 9.53. The lowest BCUT2D eigenvalue weighted by molar-refractivity contribution is -0.114. The van der Waals surface area contributed by atoms with Gasteiger partial charge in [0.1, 0.15) is 16.1 Å². The summed E-state index contributed by atoms with van der Waals surface area (Å²) in [5.74, 6) is 5.86. The molecule has 0 saturated carbocycles. The quantitative estimate of drug-likeness (QED) is 0.221. The third-order valence-corrected chi connectivity index (χ3v) is 5.71. The second-order valence-corrected chi connectivity index (χ2v) is 19.0. The fourth-order valence-corrected chi connectivity index (χ4v) is 3.48. The summed E-state index contributed by atoms with van der Waals surface area (Å²) in [5.41, 5.74) is 6.28. The molecule has 0 aromatic heterocycles. The standard InChI is InChI=1S/C23H40O2Si2/c1-26(2,3)20-18-22(24)16-14-12-10-8-7-9-11-13-15-17-23(25)19-21-27(4,5)6/h7-17H2,1-6H3. The third-order valence-electron chi connectivity index (χ3n) is 3.96. The SMILES string of the molecule is C[Si](C)(C)C#CC(=O)CCCCCCCCCCCC(=O)C#C[Si](C)(C)C. The maximum Gasteiger partial charge on any atom is 0.204 e. The Morgan fingerprint density at radius 3 is 1.04 bits per heavy atom. The van der Waals surface area contributed by atoms with Crippen LogP contribution in [0, 0.1) is 22.9 Å². The number of carbonyl (C=O) groups excluding carboxylic acids is 2. The Labute approximate surface area is 170 Å². The van der Waals surface area contributed by atoms with Gasteiger partial charge < -0.3 is 0 Å². The minimum absolute atomic E-state index is 0.113. The number of carbonyl (C=O) groups is 2. The molecule has 152 valence electrons. The molecule has 0 radical (unpaired) electrons. The average molecular weight is 405 g/mol. The van der Waals surface area contributed by atoms with Crippen LogP contribution in [0.3, 0.4) is 0 Å². The normalized spacial score (nSPS) is 11.2. The number of ketones is 2. The van der Waals surface area contributed by atoms with Crippen molar-refractivity contribution in [1.82, 2.24) is 0 Å². The Kier molecular flexibility index (Phi) is 13.4. The van der Waals surface area contributed by atoms with E-state index >= 15 is 0 Å². The van der Waals surface area contributed by atoms with Gasteiger partial charge in [-0.1, -0.05) is 84.2 Å². The number of hydrogen-bond donors (Lipinski definition) is 0. The van der Waals surface area contributed by atoms with Gasteiger partial charge in [-0.3, -0.25) is 9.59 Å². The highest BCUT2D eigenvalue weighted by atomic mass is 28.3. The van der Waals surface area contributed by atoms with Crippen LogP contribution in [0.5, 0.6) is 0 Å². The fraction of sp³-hybridized carbons (Fsp3) is 0.739. The van der Waals surface area contributed by atoms with Gasteiger partial charge in [-0.2, -0.15) is 0 Å². The van der Waals surface area contributed by atoms with E-state index < -0.39 is 16.1 Å². The summed E-state index contributed by atoms with van der Waals surface area (Å²) in [6, 6.07) is 0. The molecule has 0 rings (SSSR count).